The van der Waals surface area contributed by atoms with Gasteiger partial charge in [0.2, 0.25) is 0 Å². The van der Waals surface area contributed by atoms with E-state index in [9.17, 15) is 14.4 Å². The summed E-state index contributed by atoms with van der Waals surface area (Å²) in [5, 5.41) is 0. The zero-order valence-corrected chi connectivity index (χ0v) is 34.0. The molecule has 0 aromatic heterocycles. The van der Waals surface area contributed by atoms with E-state index < -0.39 is 6.10 Å². The molecule has 296 valence electrons. The Morgan fingerprint density at radius 1 is 0.420 bits per heavy atom. The SMILES string of the molecule is CCCCCCCC(=O)OC[C@H](COC(=O)CCCCCCCCCCCCC(C)CC)OC(=O)CCCCCCCCCCCCC(C)C. The van der Waals surface area contributed by atoms with Gasteiger partial charge in [0, 0.05) is 19.3 Å². The van der Waals surface area contributed by atoms with E-state index >= 15 is 0 Å². The molecule has 0 saturated heterocycles. The molecule has 1 unspecified atom stereocenters. The van der Waals surface area contributed by atoms with Gasteiger partial charge in [0.05, 0.1) is 0 Å². The van der Waals surface area contributed by atoms with E-state index in [1.54, 1.807) is 0 Å². The Kier molecular flexibility index (Phi) is 36.0. The molecule has 2 atom stereocenters. The van der Waals surface area contributed by atoms with Gasteiger partial charge in [0.25, 0.3) is 0 Å². The molecule has 0 fully saturated rings. The van der Waals surface area contributed by atoms with Crippen LogP contribution in [0.1, 0.15) is 234 Å². The third-order valence-electron chi connectivity index (χ3n) is 10.1. The van der Waals surface area contributed by atoms with E-state index in [2.05, 4.69) is 34.6 Å². The fraction of sp³-hybridized carbons (Fsp3) is 0.932. The first-order valence-electron chi connectivity index (χ1n) is 21.8. The van der Waals surface area contributed by atoms with Gasteiger partial charge in [0.15, 0.2) is 6.10 Å². The summed E-state index contributed by atoms with van der Waals surface area (Å²) in [6.07, 6.45) is 33.9. The van der Waals surface area contributed by atoms with Gasteiger partial charge in [-0.15, -0.1) is 0 Å². The standard InChI is InChI=1S/C44H84O6/c1-6-8-9-22-29-34-42(45)48-37-41(50-44(47)36-31-26-21-17-12-10-14-18-23-27-32-39(3)4)38-49-43(46)35-30-25-20-16-13-11-15-19-24-28-33-40(5)7-2/h39-41H,6-38H2,1-5H3/t40?,41-/m1/s1. The van der Waals surface area contributed by atoms with Crippen LogP contribution in [0.4, 0.5) is 0 Å². The Bertz CT molecular complexity index is 766. The topological polar surface area (TPSA) is 78.9 Å². The van der Waals surface area contributed by atoms with Crippen LogP contribution in [0.15, 0.2) is 0 Å². The molecule has 0 aliphatic rings. The first kappa shape index (κ1) is 48.4. The van der Waals surface area contributed by atoms with Crippen LogP contribution in [-0.2, 0) is 28.6 Å². The normalized spacial score (nSPS) is 12.6. The summed E-state index contributed by atoms with van der Waals surface area (Å²) >= 11 is 0. The molecular weight excluding hydrogens is 624 g/mol. The lowest BCUT2D eigenvalue weighted by Gasteiger charge is -2.18. The molecule has 0 aliphatic heterocycles. The van der Waals surface area contributed by atoms with E-state index in [1.807, 2.05) is 0 Å². The van der Waals surface area contributed by atoms with Gasteiger partial charge in [0.1, 0.15) is 13.2 Å². The van der Waals surface area contributed by atoms with Crippen molar-refractivity contribution in [1.82, 2.24) is 0 Å². The van der Waals surface area contributed by atoms with Gasteiger partial charge < -0.3 is 14.2 Å². The van der Waals surface area contributed by atoms with Crippen LogP contribution in [0.25, 0.3) is 0 Å². The second-order valence-corrected chi connectivity index (χ2v) is 15.7. The average molecular weight is 709 g/mol. The predicted octanol–water partition coefficient (Wildman–Crippen LogP) is 13.4. The number of carbonyl (C=O) groups is 3. The lowest BCUT2D eigenvalue weighted by atomic mass is 9.99. The van der Waals surface area contributed by atoms with Crippen molar-refractivity contribution in [2.75, 3.05) is 13.2 Å². The van der Waals surface area contributed by atoms with E-state index in [0.717, 1.165) is 76.0 Å². The highest BCUT2D eigenvalue weighted by Crippen LogP contribution is 2.17. The largest absolute Gasteiger partial charge is 0.462 e. The lowest BCUT2D eigenvalue weighted by molar-refractivity contribution is -0.167. The number of esters is 3. The van der Waals surface area contributed by atoms with E-state index in [4.69, 9.17) is 14.2 Å². The summed E-state index contributed by atoms with van der Waals surface area (Å²) in [5.41, 5.74) is 0. The Labute approximate surface area is 310 Å². The number of hydrogen-bond acceptors (Lipinski definition) is 6. The maximum Gasteiger partial charge on any atom is 0.306 e. The lowest BCUT2D eigenvalue weighted by Crippen LogP contribution is -2.30. The minimum atomic E-state index is -0.758. The number of carbonyl (C=O) groups excluding carboxylic acids is 3. The maximum absolute atomic E-state index is 12.6. The highest BCUT2D eigenvalue weighted by atomic mass is 16.6. The van der Waals surface area contributed by atoms with Crippen molar-refractivity contribution < 1.29 is 28.6 Å². The molecule has 0 aromatic carbocycles. The Morgan fingerprint density at radius 2 is 0.760 bits per heavy atom. The number of rotatable bonds is 38. The van der Waals surface area contributed by atoms with Crippen LogP contribution in [-0.4, -0.2) is 37.2 Å². The zero-order valence-electron chi connectivity index (χ0n) is 34.0. The molecule has 0 spiro atoms. The van der Waals surface area contributed by atoms with Crippen LogP contribution >= 0.6 is 0 Å². The van der Waals surface area contributed by atoms with Crippen LogP contribution in [0.3, 0.4) is 0 Å². The van der Waals surface area contributed by atoms with E-state index in [1.165, 1.54) is 116 Å². The average Bonchev–Trinajstić information content (AvgIpc) is 3.09. The molecule has 0 amide bonds. The van der Waals surface area contributed by atoms with Crippen LogP contribution < -0.4 is 0 Å². The fourth-order valence-corrected chi connectivity index (χ4v) is 6.37. The summed E-state index contributed by atoms with van der Waals surface area (Å²) in [7, 11) is 0. The predicted molar refractivity (Wildman–Crippen MR) is 210 cm³/mol. The maximum atomic E-state index is 12.6. The molecule has 0 radical (unpaired) electrons. The Hall–Kier alpha value is -1.59. The van der Waals surface area contributed by atoms with Gasteiger partial charge in [-0.3, -0.25) is 14.4 Å². The monoisotopic (exact) mass is 709 g/mol. The summed E-state index contributed by atoms with van der Waals surface area (Å²) in [6, 6.07) is 0. The van der Waals surface area contributed by atoms with Crippen molar-refractivity contribution in [1.29, 1.82) is 0 Å². The van der Waals surface area contributed by atoms with Crippen molar-refractivity contribution in [3.63, 3.8) is 0 Å². The van der Waals surface area contributed by atoms with Gasteiger partial charge in [-0.25, -0.2) is 0 Å². The smallest absolute Gasteiger partial charge is 0.306 e. The second kappa shape index (κ2) is 37.2. The Morgan fingerprint density at radius 3 is 1.14 bits per heavy atom. The van der Waals surface area contributed by atoms with Crippen LogP contribution in [0.5, 0.6) is 0 Å². The van der Waals surface area contributed by atoms with Crippen LogP contribution in [0, 0.1) is 11.8 Å². The summed E-state index contributed by atoms with van der Waals surface area (Å²) in [6.45, 7) is 11.3. The molecule has 6 heteroatoms. The van der Waals surface area contributed by atoms with Gasteiger partial charge >= 0.3 is 17.9 Å². The van der Waals surface area contributed by atoms with Crippen molar-refractivity contribution in [2.24, 2.45) is 11.8 Å². The fourth-order valence-electron chi connectivity index (χ4n) is 6.37. The van der Waals surface area contributed by atoms with Crippen molar-refractivity contribution in [2.45, 2.75) is 240 Å². The molecular formula is C44H84O6. The molecule has 0 saturated carbocycles. The minimum absolute atomic E-state index is 0.0663. The van der Waals surface area contributed by atoms with Gasteiger partial charge in [-0.05, 0) is 31.1 Å². The molecule has 6 nitrogen and oxygen atoms in total. The Balaban J connectivity index is 4.22. The first-order valence-corrected chi connectivity index (χ1v) is 21.8. The highest BCUT2D eigenvalue weighted by molar-refractivity contribution is 5.71. The molecule has 0 aliphatic carbocycles. The summed E-state index contributed by atoms with van der Waals surface area (Å²) in [5.74, 6) is 0.812. The first-order chi connectivity index (χ1) is 24.3. The molecule has 0 heterocycles. The van der Waals surface area contributed by atoms with E-state index in [0.29, 0.717) is 19.3 Å². The minimum Gasteiger partial charge on any atom is -0.462 e. The van der Waals surface area contributed by atoms with Crippen molar-refractivity contribution >= 4 is 17.9 Å². The molecule has 50 heavy (non-hydrogen) atoms. The molecule has 0 aromatic rings. The third kappa shape index (κ3) is 36.2. The van der Waals surface area contributed by atoms with Gasteiger partial charge in [-0.1, -0.05) is 195 Å². The van der Waals surface area contributed by atoms with Gasteiger partial charge in [-0.2, -0.15) is 0 Å². The summed E-state index contributed by atoms with van der Waals surface area (Å²) < 4.78 is 16.6. The summed E-state index contributed by atoms with van der Waals surface area (Å²) in [4.78, 5) is 37.4. The van der Waals surface area contributed by atoms with E-state index in [-0.39, 0.29) is 31.1 Å². The van der Waals surface area contributed by atoms with Crippen molar-refractivity contribution in [3.05, 3.63) is 0 Å². The molecule has 0 bridgehead atoms. The molecule has 0 rings (SSSR count). The quantitative estimate of drug-likeness (QED) is 0.0361. The number of hydrogen-bond donors (Lipinski definition) is 0. The van der Waals surface area contributed by atoms with Crippen molar-refractivity contribution in [3.8, 4) is 0 Å². The third-order valence-corrected chi connectivity index (χ3v) is 10.1. The molecule has 0 N–H and O–H groups in total. The van der Waals surface area contributed by atoms with Crippen LogP contribution in [0.2, 0.25) is 0 Å². The second-order valence-electron chi connectivity index (χ2n) is 15.7. The zero-order chi connectivity index (χ0) is 36.9. The number of ether oxygens (including phenoxy) is 3. The highest BCUT2D eigenvalue weighted by Gasteiger charge is 2.19. The number of unbranched alkanes of at least 4 members (excludes halogenated alkanes) is 22.